The molecule has 3 fully saturated rings. The molecule has 0 aromatic carbocycles. The van der Waals surface area contributed by atoms with Gasteiger partial charge in [0.05, 0.1) is 11.5 Å². The van der Waals surface area contributed by atoms with Crippen LogP contribution in [0.2, 0.25) is 0 Å². The number of aliphatic carboxylic acids is 1. The third kappa shape index (κ3) is 2.40. The number of carbonyl (C=O) groups is 1. The van der Waals surface area contributed by atoms with Gasteiger partial charge in [0, 0.05) is 18.7 Å². The van der Waals surface area contributed by atoms with Crippen LogP contribution in [0.3, 0.4) is 0 Å². The van der Waals surface area contributed by atoms with E-state index in [0.717, 1.165) is 32.4 Å². The molecule has 3 atom stereocenters. The highest BCUT2D eigenvalue weighted by Gasteiger charge is 2.45. The molecule has 3 unspecified atom stereocenters. The lowest BCUT2D eigenvalue weighted by Gasteiger charge is -2.43. The Labute approximate surface area is 115 Å². The third-order valence-electron chi connectivity index (χ3n) is 5.57. The first-order valence-corrected chi connectivity index (χ1v) is 7.74. The van der Waals surface area contributed by atoms with Crippen LogP contribution < -0.4 is 0 Å². The van der Waals surface area contributed by atoms with Gasteiger partial charge >= 0.3 is 5.97 Å². The van der Waals surface area contributed by atoms with Crippen LogP contribution in [0.25, 0.3) is 0 Å². The molecule has 1 aliphatic carbocycles. The Kier molecular flexibility index (Phi) is 3.56. The van der Waals surface area contributed by atoms with Crippen molar-refractivity contribution in [3.8, 4) is 0 Å². The van der Waals surface area contributed by atoms with Crippen molar-refractivity contribution in [1.29, 1.82) is 0 Å². The van der Waals surface area contributed by atoms with Crippen molar-refractivity contribution in [2.75, 3.05) is 13.2 Å². The maximum atomic E-state index is 11.2. The van der Waals surface area contributed by atoms with Gasteiger partial charge in [-0.25, -0.2) is 0 Å². The Morgan fingerprint density at radius 1 is 1.32 bits per heavy atom. The number of rotatable bonds is 2. The van der Waals surface area contributed by atoms with Gasteiger partial charge in [0.25, 0.3) is 0 Å². The van der Waals surface area contributed by atoms with E-state index < -0.39 is 5.97 Å². The fourth-order valence-electron chi connectivity index (χ4n) is 4.46. The molecule has 3 rings (SSSR count). The minimum atomic E-state index is -0.627. The molecule has 0 aromatic rings. The molecule has 0 aromatic heterocycles. The van der Waals surface area contributed by atoms with Crippen LogP contribution in [0.1, 0.15) is 51.9 Å². The van der Waals surface area contributed by atoms with Crippen LogP contribution in [0.15, 0.2) is 0 Å². The molecule has 108 valence electrons. The van der Waals surface area contributed by atoms with Crippen molar-refractivity contribution in [2.24, 2.45) is 5.92 Å². The maximum Gasteiger partial charge on any atom is 0.308 e. The largest absolute Gasteiger partial charge is 0.481 e. The van der Waals surface area contributed by atoms with Gasteiger partial charge in [0.2, 0.25) is 0 Å². The molecule has 1 N–H and O–H groups in total. The predicted molar refractivity (Wildman–Crippen MR) is 72.1 cm³/mol. The predicted octanol–water partition coefficient (Wildman–Crippen LogP) is 2.27. The highest BCUT2D eigenvalue weighted by atomic mass is 16.5. The summed E-state index contributed by atoms with van der Waals surface area (Å²) in [4.78, 5) is 13.7. The zero-order valence-corrected chi connectivity index (χ0v) is 11.8. The number of carboxylic acid groups (broad SMARTS) is 1. The number of hydrogen-bond acceptors (Lipinski definition) is 3. The number of hydrogen-bond donors (Lipinski definition) is 1. The highest BCUT2D eigenvalue weighted by molar-refractivity contribution is 5.71. The van der Waals surface area contributed by atoms with Crippen LogP contribution in [0, 0.1) is 5.92 Å². The second-order valence-electron chi connectivity index (χ2n) is 6.60. The molecule has 1 spiro atoms. The maximum absolute atomic E-state index is 11.2. The summed E-state index contributed by atoms with van der Waals surface area (Å²) >= 11 is 0. The van der Waals surface area contributed by atoms with E-state index >= 15 is 0 Å². The topological polar surface area (TPSA) is 49.8 Å². The third-order valence-corrected chi connectivity index (χ3v) is 5.57. The van der Waals surface area contributed by atoms with Crippen LogP contribution in [0.4, 0.5) is 0 Å². The van der Waals surface area contributed by atoms with Gasteiger partial charge in [0.15, 0.2) is 0 Å². The van der Waals surface area contributed by atoms with Gasteiger partial charge in [-0.3, -0.25) is 9.69 Å². The monoisotopic (exact) mass is 267 g/mol. The molecule has 2 aliphatic heterocycles. The van der Waals surface area contributed by atoms with E-state index in [2.05, 4.69) is 11.8 Å². The number of ether oxygens (including phenoxy) is 1. The lowest BCUT2D eigenvalue weighted by atomic mass is 9.87. The summed E-state index contributed by atoms with van der Waals surface area (Å²) in [5, 5.41) is 9.25. The molecule has 4 nitrogen and oxygen atoms in total. The van der Waals surface area contributed by atoms with E-state index in [-0.39, 0.29) is 17.6 Å². The van der Waals surface area contributed by atoms with Gasteiger partial charge in [-0.2, -0.15) is 0 Å². The lowest BCUT2D eigenvalue weighted by Crippen LogP contribution is -2.49. The molecule has 2 saturated heterocycles. The SMILES string of the molecule is CC1C(C(=O)O)CCN1C1CCOC2(CCCC2)C1. The van der Waals surface area contributed by atoms with Crippen molar-refractivity contribution in [3.05, 3.63) is 0 Å². The molecule has 2 heterocycles. The van der Waals surface area contributed by atoms with E-state index in [1.54, 1.807) is 0 Å². The Morgan fingerprint density at radius 2 is 2.05 bits per heavy atom. The standard InChI is InChI=1S/C15H25NO3/c1-11-13(14(17)18)4-8-16(11)12-5-9-19-15(10-12)6-2-3-7-15/h11-13H,2-10H2,1H3,(H,17,18). The van der Waals surface area contributed by atoms with E-state index in [0.29, 0.717) is 6.04 Å². The zero-order chi connectivity index (χ0) is 13.5. The first kappa shape index (κ1) is 13.4. The van der Waals surface area contributed by atoms with Gasteiger partial charge < -0.3 is 9.84 Å². The van der Waals surface area contributed by atoms with Crippen molar-refractivity contribution in [2.45, 2.75) is 69.6 Å². The second kappa shape index (κ2) is 5.06. The average molecular weight is 267 g/mol. The van der Waals surface area contributed by atoms with Gasteiger partial charge in [-0.15, -0.1) is 0 Å². The Bertz CT molecular complexity index is 351. The summed E-state index contributed by atoms with van der Waals surface area (Å²) < 4.78 is 6.08. The molecule has 4 heteroatoms. The molecular weight excluding hydrogens is 242 g/mol. The quantitative estimate of drug-likeness (QED) is 0.834. The zero-order valence-electron chi connectivity index (χ0n) is 11.8. The minimum Gasteiger partial charge on any atom is -0.481 e. The normalized spacial score (nSPS) is 38.9. The Morgan fingerprint density at radius 3 is 2.68 bits per heavy atom. The Balaban J connectivity index is 1.67. The Hall–Kier alpha value is -0.610. The molecule has 0 amide bonds. The summed E-state index contributed by atoms with van der Waals surface area (Å²) in [6.45, 7) is 3.88. The fraction of sp³-hybridized carbons (Fsp3) is 0.933. The highest BCUT2D eigenvalue weighted by Crippen LogP contribution is 2.42. The van der Waals surface area contributed by atoms with Crippen LogP contribution in [0.5, 0.6) is 0 Å². The first-order valence-electron chi connectivity index (χ1n) is 7.74. The fourth-order valence-corrected chi connectivity index (χ4v) is 4.46. The van der Waals surface area contributed by atoms with Crippen molar-refractivity contribution >= 4 is 5.97 Å². The summed E-state index contributed by atoms with van der Waals surface area (Å²) in [5.41, 5.74) is 0.129. The van der Waals surface area contributed by atoms with Gasteiger partial charge in [-0.05, 0) is 45.6 Å². The second-order valence-corrected chi connectivity index (χ2v) is 6.60. The average Bonchev–Trinajstić information content (AvgIpc) is 2.97. The van der Waals surface area contributed by atoms with Crippen molar-refractivity contribution < 1.29 is 14.6 Å². The number of nitrogens with zero attached hydrogens (tertiary/aromatic N) is 1. The van der Waals surface area contributed by atoms with E-state index in [1.807, 2.05) is 0 Å². The van der Waals surface area contributed by atoms with Gasteiger partial charge in [-0.1, -0.05) is 12.8 Å². The smallest absolute Gasteiger partial charge is 0.308 e. The van der Waals surface area contributed by atoms with Crippen molar-refractivity contribution in [1.82, 2.24) is 4.90 Å². The first-order chi connectivity index (χ1) is 9.11. The minimum absolute atomic E-state index is 0.129. The summed E-state index contributed by atoms with van der Waals surface area (Å²) in [6, 6.07) is 0.713. The van der Waals surface area contributed by atoms with Crippen LogP contribution >= 0.6 is 0 Å². The summed E-state index contributed by atoms with van der Waals surface area (Å²) in [6.07, 6.45) is 7.98. The molecule has 3 aliphatic rings. The van der Waals surface area contributed by atoms with Crippen molar-refractivity contribution in [3.63, 3.8) is 0 Å². The van der Waals surface area contributed by atoms with Gasteiger partial charge in [0.1, 0.15) is 0 Å². The lowest BCUT2D eigenvalue weighted by molar-refractivity contribution is -0.143. The van der Waals surface area contributed by atoms with Crippen LogP contribution in [-0.4, -0.2) is 46.8 Å². The molecular formula is C15H25NO3. The number of likely N-dealkylation sites (tertiary alicyclic amines) is 1. The summed E-state index contributed by atoms with van der Waals surface area (Å²) in [7, 11) is 0. The van der Waals surface area contributed by atoms with E-state index in [4.69, 9.17) is 4.74 Å². The number of carboxylic acids is 1. The van der Waals surface area contributed by atoms with Crippen LogP contribution in [-0.2, 0) is 9.53 Å². The molecule has 19 heavy (non-hydrogen) atoms. The molecule has 0 bridgehead atoms. The van der Waals surface area contributed by atoms with E-state index in [9.17, 15) is 9.90 Å². The molecule has 0 radical (unpaired) electrons. The summed E-state index contributed by atoms with van der Waals surface area (Å²) in [5.74, 6) is -0.806. The molecule has 1 saturated carbocycles. The van der Waals surface area contributed by atoms with E-state index in [1.165, 1.54) is 25.7 Å².